The Bertz CT molecular complexity index is 871. The molecule has 3 aromatic rings. The fraction of sp³-hybridized carbons (Fsp3) is 0.364. The minimum Gasteiger partial charge on any atom is -0.492 e. The summed E-state index contributed by atoms with van der Waals surface area (Å²) < 4.78 is 8.13. The zero-order valence-corrected chi connectivity index (χ0v) is 16.0. The fourth-order valence-electron chi connectivity index (χ4n) is 3.19. The summed E-state index contributed by atoms with van der Waals surface area (Å²) in [5, 5.41) is 2.70. The molecule has 3 rings (SSSR count). The van der Waals surface area contributed by atoms with Gasteiger partial charge in [0.1, 0.15) is 18.2 Å². The fourth-order valence-corrected chi connectivity index (χ4v) is 3.19. The third-order valence-electron chi connectivity index (χ3n) is 4.96. The molecule has 5 nitrogen and oxygen atoms in total. The van der Waals surface area contributed by atoms with E-state index in [-0.39, 0.29) is 0 Å². The van der Waals surface area contributed by atoms with Crippen molar-refractivity contribution in [1.82, 2.24) is 14.9 Å². The van der Waals surface area contributed by atoms with E-state index >= 15 is 0 Å². The maximum atomic E-state index is 10.5. The van der Waals surface area contributed by atoms with Crippen molar-refractivity contribution in [2.45, 2.75) is 39.2 Å². The molecule has 1 heterocycles. The molecule has 0 saturated heterocycles. The Morgan fingerprint density at radius 3 is 2.70 bits per heavy atom. The first-order chi connectivity index (χ1) is 13.2. The van der Waals surface area contributed by atoms with E-state index in [4.69, 9.17) is 9.72 Å². The number of aromatic nitrogens is 2. The van der Waals surface area contributed by atoms with E-state index in [1.165, 1.54) is 5.56 Å². The second kappa shape index (κ2) is 9.21. The molecule has 0 radical (unpaired) electrons. The SMILES string of the molecule is CCC(C)c1ccc(OCCn2c(CCNC=O)nc3ccccc32)cc1. The zero-order valence-electron chi connectivity index (χ0n) is 16.0. The summed E-state index contributed by atoms with van der Waals surface area (Å²) in [5.74, 6) is 2.41. The summed E-state index contributed by atoms with van der Waals surface area (Å²) in [6.07, 6.45) is 2.55. The number of carbonyl (C=O) groups excluding carboxylic acids is 1. The molecule has 0 aliphatic carbocycles. The van der Waals surface area contributed by atoms with Crippen molar-refractivity contribution in [3.8, 4) is 5.75 Å². The molecule has 1 amide bonds. The molecule has 0 aliphatic rings. The molecule has 2 aromatic carbocycles. The molecule has 1 atom stereocenters. The number of hydrogen-bond acceptors (Lipinski definition) is 3. The standard InChI is InChI=1S/C22H27N3O2/c1-3-17(2)18-8-10-19(11-9-18)27-15-14-25-21-7-5-4-6-20(21)24-22(25)12-13-23-16-26/h4-11,16-17H,3,12-15H2,1-2H3,(H,23,26). The number of carbonyl (C=O) groups is 1. The molecule has 0 saturated carbocycles. The average molecular weight is 365 g/mol. The highest BCUT2D eigenvalue weighted by Crippen LogP contribution is 2.22. The lowest BCUT2D eigenvalue weighted by Crippen LogP contribution is -2.18. The van der Waals surface area contributed by atoms with E-state index in [2.05, 4.69) is 41.9 Å². The van der Waals surface area contributed by atoms with Gasteiger partial charge in [-0.15, -0.1) is 0 Å². The molecule has 1 N–H and O–H groups in total. The van der Waals surface area contributed by atoms with Gasteiger partial charge in [0.05, 0.1) is 17.6 Å². The highest BCUT2D eigenvalue weighted by atomic mass is 16.5. The molecule has 0 fully saturated rings. The maximum absolute atomic E-state index is 10.5. The van der Waals surface area contributed by atoms with Gasteiger partial charge in [-0.2, -0.15) is 0 Å². The summed E-state index contributed by atoms with van der Waals surface area (Å²) in [6, 6.07) is 16.5. The number of rotatable bonds is 10. The number of ether oxygens (including phenoxy) is 1. The summed E-state index contributed by atoms with van der Waals surface area (Å²) in [7, 11) is 0. The molecule has 5 heteroatoms. The van der Waals surface area contributed by atoms with Crippen LogP contribution in [0.5, 0.6) is 5.75 Å². The molecule has 0 aliphatic heterocycles. The second-order valence-electron chi connectivity index (χ2n) is 6.72. The third-order valence-corrected chi connectivity index (χ3v) is 4.96. The molecular formula is C22H27N3O2. The van der Waals surface area contributed by atoms with Crippen LogP contribution in [0, 0.1) is 0 Å². The largest absolute Gasteiger partial charge is 0.492 e. The van der Waals surface area contributed by atoms with Gasteiger partial charge in [0, 0.05) is 13.0 Å². The molecule has 142 valence electrons. The van der Waals surface area contributed by atoms with Crippen molar-refractivity contribution < 1.29 is 9.53 Å². The van der Waals surface area contributed by atoms with Crippen molar-refractivity contribution in [2.24, 2.45) is 0 Å². The van der Waals surface area contributed by atoms with Crippen LogP contribution < -0.4 is 10.1 Å². The first-order valence-corrected chi connectivity index (χ1v) is 9.57. The maximum Gasteiger partial charge on any atom is 0.207 e. The van der Waals surface area contributed by atoms with Gasteiger partial charge < -0.3 is 14.6 Å². The van der Waals surface area contributed by atoms with E-state index < -0.39 is 0 Å². The van der Waals surface area contributed by atoms with Gasteiger partial charge in [-0.1, -0.05) is 38.1 Å². The Labute approximate surface area is 160 Å². The van der Waals surface area contributed by atoms with E-state index in [9.17, 15) is 4.79 Å². The monoisotopic (exact) mass is 365 g/mol. The van der Waals surface area contributed by atoms with Gasteiger partial charge in [0.15, 0.2) is 0 Å². The highest BCUT2D eigenvalue weighted by molar-refractivity contribution is 5.75. The van der Waals surface area contributed by atoms with Crippen molar-refractivity contribution in [3.05, 3.63) is 59.9 Å². The van der Waals surface area contributed by atoms with Gasteiger partial charge in [-0.25, -0.2) is 4.98 Å². The Hall–Kier alpha value is -2.82. The Kier molecular flexibility index (Phi) is 6.47. The van der Waals surface area contributed by atoms with E-state index in [0.717, 1.165) is 35.4 Å². The van der Waals surface area contributed by atoms with Gasteiger partial charge in [0.2, 0.25) is 6.41 Å². The Balaban J connectivity index is 1.67. The van der Waals surface area contributed by atoms with Crippen LogP contribution in [0.3, 0.4) is 0 Å². The van der Waals surface area contributed by atoms with Gasteiger partial charge >= 0.3 is 0 Å². The Morgan fingerprint density at radius 2 is 1.96 bits per heavy atom. The summed E-state index contributed by atoms with van der Waals surface area (Å²) in [6.45, 7) is 6.29. The summed E-state index contributed by atoms with van der Waals surface area (Å²) in [5.41, 5.74) is 3.40. The molecular weight excluding hydrogens is 338 g/mol. The van der Waals surface area contributed by atoms with Crippen LogP contribution in [-0.2, 0) is 17.8 Å². The number of hydrogen-bond donors (Lipinski definition) is 1. The number of benzene rings is 2. The average Bonchev–Trinajstić information content (AvgIpc) is 3.06. The number of nitrogens with zero attached hydrogens (tertiary/aromatic N) is 2. The van der Waals surface area contributed by atoms with Crippen LogP contribution in [-0.4, -0.2) is 29.1 Å². The molecule has 1 unspecified atom stereocenters. The predicted octanol–water partition coefficient (Wildman–Crippen LogP) is 3.92. The van der Waals surface area contributed by atoms with E-state index in [0.29, 0.717) is 32.0 Å². The minimum atomic E-state index is 0.567. The number of amides is 1. The van der Waals surface area contributed by atoms with Crippen molar-refractivity contribution >= 4 is 17.4 Å². The first-order valence-electron chi connectivity index (χ1n) is 9.57. The number of nitrogens with one attached hydrogen (secondary N) is 1. The van der Waals surface area contributed by atoms with Crippen LogP contribution in [0.4, 0.5) is 0 Å². The first kappa shape index (κ1) is 19.0. The lowest BCUT2D eigenvalue weighted by atomic mass is 9.99. The Morgan fingerprint density at radius 1 is 1.19 bits per heavy atom. The molecule has 0 bridgehead atoms. The van der Waals surface area contributed by atoms with E-state index in [1.807, 2.05) is 30.3 Å². The van der Waals surface area contributed by atoms with E-state index in [1.54, 1.807) is 0 Å². The second-order valence-corrected chi connectivity index (χ2v) is 6.72. The molecule has 0 spiro atoms. The smallest absolute Gasteiger partial charge is 0.207 e. The van der Waals surface area contributed by atoms with Crippen LogP contribution in [0.1, 0.15) is 37.6 Å². The van der Waals surface area contributed by atoms with Crippen molar-refractivity contribution in [1.29, 1.82) is 0 Å². The normalized spacial score (nSPS) is 12.1. The minimum absolute atomic E-state index is 0.567. The van der Waals surface area contributed by atoms with Crippen molar-refractivity contribution in [2.75, 3.05) is 13.2 Å². The lowest BCUT2D eigenvalue weighted by Gasteiger charge is -2.12. The van der Waals surface area contributed by atoms with Gasteiger partial charge in [-0.3, -0.25) is 4.79 Å². The van der Waals surface area contributed by atoms with Crippen LogP contribution in [0.15, 0.2) is 48.5 Å². The third kappa shape index (κ3) is 4.67. The predicted molar refractivity (Wildman–Crippen MR) is 108 cm³/mol. The molecule has 27 heavy (non-hydrogen) atoms. The lowest BCUT2D eigenvalue weighted by molar-refractivity contribution is -0.109. The van der Waals surface area contributed by atoms with Gasteiger partial charge in [-0.05, 0) is 42.2 Å². The number of para-hydroxylation sites is 2. The van der Waals surface area contributed by atoms with Crippen LogP contribution in [0.2, 0.25) is 0 Å². The topological polar surface area (TPSA) is 56.1 Å². The number of fused-ring (bicyclic) bond motifs is 1. The highest BCUT2D eigenvalue weighted by Gasteiger charge is 2.10. The van der Waals surface area contributed by atoms with Crippen molar-refractivity contribution in [3.63, 3.8) is 0 Å². The molecule has 1 aromatic heterocycles. The van der Waals surface area contributed by atoms with Gasteiger partial charge in [0.25, 0.3) is 0 Å². The van der Waals surface area contributed by atoms with Crippen LogP contribution in [0.25, 0.3) is 11.0 Å². The quantitative estimate of drug-likeness (QED) is 0.438. The summed E-state index contributed by atoms with van der Waals surface area (Å²) in [4.78, 5) is 15.2. The summed E-state index contributed by atoms with van der Waals surface area (Å²) >= 11 is 0. The van der Waals surface area contributed by atoms with Crippen LogP contribution >= 0.6 is 0 Å². The zero-order chi connectivity index (χ0) is 19.1. The number of imidazole rings is 1.